The van der Waals surface area contributed by atoms with Gasteiger partial charge in [0.2, 0.25) is 0 Å². The molecule has 0 saturated carbocycles. The van der Waals surface area contributed by atoms with Crippen molar-refractivity contribution in [2.24, 2.45) is 0 Å². The molecule has 3 heteroatoms. The molecule has 0 amide bonds. The van der Waals surface area contributed by atoms with Gasteiger partial charge in [-0.3, -0.25) is 4.90 Å². The highest BCUT2D eigenvalue weighted by atomic mass is 28.4. The molecule has 0 aromatic heterocycles. The predicted molar refractivity (Wildman–Crippen MR) is 90.3 cm³/mol. The Bertz CT molecular complexity index is 364. The highest BCUT2D eigenvalue weighted by molar-refractivity contribution is 6.74. The molecule has 2 nitrogen and oxygen atoms in total. The summed E-state index contributed by atoms with van der Waals surface area (Å²) in [5, 5.41) is 0.238. The lowest BCUT2D eigenvalue weighted by molar-refractivity contribution is 0.0899. The zero-order valence-corrected chi connectivity index (χ0v) is 14.9. The van der Waals surface area contributed by atoms with Crippen molar-refractivity contribution in [3.8, 4) is 12.3 Å². The number of likely N-dealkylation sites (tertiary alicyclic amines) is 1. The Morgan fingerprint density at radius 3 is 2.65 bits per heavy atom. The number of hydrogen-bond acceptors (Lipinski definition) is 2. The maximum Gasteiger partial charge on any atom is 0.192 e. The Morgan fingerprint density at radius 2 is 2.15 bits per heavy atom. The van der Waals surface area contributed by atoms with Gasteiger partial charge in [-0.15, -0.1) is 13.0 Å². The fourth-order valence-electron chi connectivity index (χ4n) is 2.59. The van der Waals surface area contributed by atoms with Crippen LogP contribution in [0.3, 0.4) is 0 Å². The van der Waals surface area contributed by atoms with Crippen LogP contribution in [0.2, 0.25) is 18.1 Å². The number of terminal acetylenes is 1. The number of nitrogens with zero attached hydrogens (tertiary/aromatic N) is 1. The van der Waals surface area contributed by atoms with Gasteiger partial charge in [0.05, 0.1) is 12.6 Å². The molecule has 0 N–H and O–H groups in total. The molecular weight excluding hydrogens is 262 g/mol. The molecule has 1 rings (SSSR count). The van der Waals surface area contributed by atoms with Crippen LogP contribution in [0, 0.1) is 12.3 Å². The Labute approximate surface area is 126 Å². The monoisotopic (exact) mass is 293 g/mol. The van der Waals surface area contributed by atoms with Gasteiger partial charge in [-0.25, -0.2) is 0 Å². The Balaban J connectivity index is 2.84. The van der Waals surface area contributed by atoms with Crippen molar-refractivity contribution in [2.45, 2.75) is 70.3 Å². The SMILES string of the molecule is C#CCN1CCC[C@H]1C(CC=C)O[Si](C)(C)C(C)(C)C. The van der Waals surface area contributed by atoms with Gasteiger partial charge in [0.15, 0.2) is 8.32 Å². The molecule has 0 aliphatic carbocycles. The van der Waals surface area contributed by atoms with Gasteiger partial charge in [-0.1, -0.05) is 32.8 Å². The summed E-state index contributed by atoms with van der Waals surface area (Å²) < 4.78 is 6.66. The molecule has 1 aliphatic heterocycles. The van der Waals surface area contributed by atoms with E-state index in [0.717, 1.165) is 19.5 Å². The average Bonchev–Trinajstić information content (AvgIpc) is 2.75. The van der Waals surface area contributed by atoms with Crippen molar-refractivity contribution in [2.75, 3.05) is 13.1 Å². The van der Waals surface area contributed by atoms with E-state index in [1.54, 1.807) is 0 Å². The van der Waals surface area contributed by atoms with Crippen LogP contribution in [0.1, 0.15) is 40.0 Å². The third kappa shape index (κ3) is 4.21. The van der Waals surface area contributed by atoms with Crippen LogP contribution in [-0.2, 0) is 4.43 Å². The molecule has 2 atom stereocenters. The molecule has 114 valence electrons. The standard InChI is InChI=1S/C17H31NOSi/c1-8-11-16(19-20(6,7)17(3,4)5)15-12-10-14-18(15)13-9-2/h2,8,15-16H,1,10-14H2,3-7H3/t15-,16?/m0/s1. The van der Waals surface area contributed by atoms with E-state index in [9.17, 15) is 0 Å². The molecule has 0 radical (unpaired) electrons. The molecule has 0 spiro atoms. The minimum absolute atomic E-state index is 0.238. The van der Waals surface area contributed by atoms with Gasteiger partial charge in [-0.05, 0) is 43.9 Å². The van der Waals surface area contributed by atoms with E-state index in [1.807, 2.05) is 6.08 Å². The molecule has 0 aromatic carbocycles. The van der Waals surface area contributed by atoms with Crippen molar-refractivity contribution in [1.29, 1.82) is 0 Å². The van der Waals surface area contributed by atoms with E-state index in [4.69, 9.17) is 10.8 Å². The molecule has 1 unspecified atom stereocenters. The van der Waals surface area contributed by atoms with Gasteiger partial charge < -0.3 is 4.43 Å². The lowest BCUT2D eigenvalue weighted by Gasteiger charge is -2.42. The van der Waals surface area contributed by atoms with Crippen molar-refractivity contribution in [3.05, 3.63) is 12.7 Å². The van der Waals surface area contributed by atoms with E-state index in [1.165, 1.54) is 12.8 Å². The largest absolute Gasteiger partial charge is 0.412 e. The first-order valence-corrected chi connectivity index (χ1v) is 10.6. The van der Waals surface area contributed by atoms with Crippen LogP contribution in [-0.4, -0.2) is 38.5 Å². The summed E-state index contributed by atoms with van der Waals surface area (Å²) in [7, 11) is -1.75. The summed E-state index contributed by atoms with van der Waals surface area (Å²) in [4.78, 5) is 2.40. The number of hydrogen-bond donors (Lipinski definition) is 0. The van der Waals surface area contributed by atoms with E-state index < -0.39 is 8.32 Å². The second-order valence-corrected chi connectivity index (χ2v) is 12.1. The minimum atomic E-state index is -1.75. The molecule has 0 bridgehead atoms. The van der Waals surface area contributed by atoms with E-state index in [-0.39, 0.29) is 11.1 Å². The molecule has 1 saturated heterocycles. The van der Waals surface area contributed by atoms with Crippen LogP contribution in [0.4, 0.5) is 0 Å². The fraction of sp³-hybridized carbons (Fsp3) is 0.765. The van der Waals surface area contributed by atoms with Crippen molar-refractivity contribution in [1.82, 2.24) is 4.90 Å². The quantitative estimate of drug-likeness (QED) is 0.416. The molecule has 1 fully saturated rings. The Kier molecular flexibility index (Phi) is 6.06. The lowest BCUT2D eigenvalue weighted by Crippen LogP contribution is -2.50. The normalized spacial score (nSPS) is 22.5. The van der Waals surface area contributed by atoms with Gasteiger partial charge in [0.1, 0.15) is 0 Å². The van der Waals surface area contributed by atoms with Crippen molar-refractivity contribution >= 4 is 8.32 Å². The van der Waals surface area contributed by atoms with E-state index >= 15 is 0 Å². The second-order valence-electron chi connectivity index (χ2n) is 7.33. The molecule has 1 aliphatic rings. The summed E-state index contributed by atoms with van der Waals surface area (Å²) in [5.74, 6) is 2.79. The molecule has 1 heterocycles. The van der Waals surface area contributed by atoms with Crippen LogP contribution >= 0.6 is 0 Å². The van der Waals surface area contributed by atoms with Gasteiger partial charge in [0, 0.05) is 6.04 Å². The highest BCUT2D eigenvalue weighted by Crippen LogP contribution is 2.39. The topological polar surface area (TPSA) is 12.5 Å². The van der Waals surface area contributed by atoms with Crippen molar-refractivity contribution in [3.63, 3.8) is 0 Å². The fourth-order valence-corrected chi connectivity index (χ4v) is 3.95. The lowest BCUT2D eigenvalue weighted by atomic mass is 10.1. The first-order valence-electron chi connectivity index (χ1n) is 7.69. The Hall–Kier alpha value is -0.563. The van der Waals surface area contributed by atoms with Crippen LogP contribution in [0.15, 0.2) is 12.7 Å². The Morgan fingerprint density at radius 1 is 1.50 bits per heavy atom. The predicted octanol–water partition coefficient (Wildman–Crippen LogP) is 4.05. The first-order chi connectivity index (χ1) is 9.23. The summed E-state index contributed by atoms with van der Waals surface area (Å²) in [5.41, 5.74) is 0. The van der Waals surface area contributed by atoms with E-state index in [0.29, 0.717) is 6.04 Å². The third-order valence-electron chi connectivity index (χ3n) is 4.79. The summed E-state index contributed by atoms with van der Waals surface area (Å²) in [6.07, 6.45) is 11.1. The average molecular weight is 294 g/mol. The van der Waals surface area contributed by atoms with Crippen LogP contribution in [0.25, 0.3) is 0 Å². The highest BCUT2D eigenvalue weighted by Gasteiger charge is 2.42. The zero-order chi connectivity index (χ0) is 15.4. The zero-order valence-electron chi connectivity index (χ0n) is 13.9. The van der Waals surface area contributed by atoms with Crippen LogP contribution < -0.4 is 0 Å². The van der Waals surface area contributed by atoms with Gasteiger partial charge in [-0.2, -0.15) is 0 Å². The van der Waals surface area contributed by atoms with E-state index in [2.05, 4.69) is 51.3 Å². The molecular formula is C17H31NOSi. The minimum Gasteiger partial charge on any atom is -0.412 e. The molecule has 0 aromatic rings. The van der Waals surface area contributed by atoms with Crippen molar-refractivity contribution < 1.29 is 4.43 Å². The maximum absolute atomic E-state index is 6.66. The van der Waals surface area contributed by atoms with Gasteiger partial charge in [0.25, 0.3) is 0 Å². The smallest absolute Gasteiger partial charge is 0.192 e. The summed E-state index contributed by atoms with van der Waals surface area (Å²) in [6.45, 7) is 17.3. The molecule has 20 heavy (non-hydrogen) atoms. The summed E-state index contributed by atoms with van der Waals surface area (Å²) >= 11 is 0. The summed E-state index contributed by atoms with van der Waals surface area (Å²) in [6, 6.07) is 0.457. The second kappa shape index (κ2) is 6.93. The van der Waals surface area contributed by atoms with Gasteiger partial charge >= 0.3 is 0 Å². The first kappa shape index (κ1) is 17.5. The number of rotatable bonds is 6. The third-order valence-corrected chi connectivity index (χ3v) is 9.29. The maximum atomic E-state index is 6.66. The van der Waals surface area contributed by atoms with Crippen LogP contribution in [0.5, 0.6) is 0 Å².